The number of aryl methyl sites for hydroxylation is 1. The molecule has 0 fully saturated rings. The Balaban J connectivity index is 2.42. The van der Waals surface area contributed by atoms with Gasteiger partial charge in [0.15, 0.2) is 0 Å². The van der Waals surface area contributed by atoms with E-state index in [9.17, 15) is 8.78 Å². The number of nitrogens with zero attached hydrogens (tertiary/aromatic N) is 1. The summed E-state index contributed by atoms with van der Waals surface area (Å²) in [4.78, 5) is 5.40. The van der Waals surface area contributed by atoms with Gasteiger partial charge in [0.2, 0.25) is 0 Å². The Morgan fingerprint density at radius 2 is 1.88 bits per heavy atom. The molecule has 0 aliphatic carbocycles. The van der Waals surface area contributed by atoms with Crippen LogP contribution in [0.5, 0.6) is 0 Å². The zero-order valence-electron chi connectivity index (χ0n) is 9.55. The standard InChI is InChI=1S/C12H12F2N2S/c1-7-11(6-15-2)17-12(16-7)8-3-9(13)5-10(14)4-8/h3-5,15H,6H2,1-2H3. The highest BCUT2D eigenvalue weighted by Gasteiger charge is 2.10. The van der Waals surface area contributed by atoms with E-state index in [0.717, 1.165) is 16.6 Å². The van der Waals surface area contributed by atoms with Crippen molar-refractivity contribution < 1.29 is 8.78 Å². The molecule has 2 rings (SSSR count). The molecule has 1 N–H and O–H groups in total. The fourth-order valence-electron chi connectivity index (χ4n) is 1.55. The number of benzene rings is 1. The van der Waals surface area contributed by atoms with Crippen molar-refractivity contribution in [1.29, 1.82) is 0 Å². The molecule has 1 aromatic heterocycles. The number of nitrogens with one attached hydrogen (secondary N) is 1. The average molecular weight is 254 g/mol. The van der Waals surface area contributed by atoms with E-state index in [0.29, 0.717) is 17.1 Å². The van der Waals surface area contributed by atoms with Crippen molar-refractivity contribution in [3.63, 3.8) is 0 Å². The van der Waals surface area contributed by atoms with E-state index in [1.807, 2.05) is 14.0 Å². The van der Waals surface area contributed by atoms with Gasteiger partial charge in [0.05, 0.1) is 5.69 Å². The van der Waals surface area contributed by atoms with Crippen LogP contribution in [0.1, 0.15) is 10.6 Å². The largest absolute Gasteiger partial charge is 0.315 e. The SMILES string of the molecule is CNCc1sc(-c2cc(F)cc(F)c2)nc1C. The molecule has 90 valence electrons. The van der Waals surface area contributed by atoms with Crippen molar-refractivity contribution in [3.05, 3.63) is 40.4 Å². The Bertz CT molecular complexity index is 517. The monoisotopic (exact) mass is 254 g/mol. The predicted octanol–water partition coefficient (Wildman–Crippen LogP) is 3.12. The van der Waals surface area contributed by atoms with Gasteiger partial charge >= 0.3 is 0 Å². The summed E-state index contributed by atoms with van der Waals surface area (Å²) >= 11 is 1.45. The molecular formula is C12H12F2N2S. The highest BCUT2D eigenvalue weighted by molar-refractivity contribution is 7.15. The second-order valence-corrected chi connectivity index (χ2v) is 4.80. The molecule has 0 atom stereocenters. The summed E-state index contributed by atoms with van der Waals surface area (Å²) in [7, 11) is 1.85. The lowest BCUT2D eigenvalue weighted by molar-refractivity contribution is 0.584. The first-order valence-electron chi connectivity index (χ1n) is 5.17. The fourth-order valence-corrected chi connectivity index (χ4v) is 2.61. The van der Waals surface area contributed by atoms with Gasteiger partial charge in [-0.2, -0.15) is 0 Å². The Hall–Kier alpha value is -1.33. The first-order chi connectivity index (χ1) is 8.10. The molecule has 0 amide bonds. The van der Waals surface area contributed by atoms with Crippen molar-refractivity contribution in [3.8, 4) is 10.6 Å². The number of hydrogen-bond acceptors (Lipinski definition) is 3. The molecule has 0 unspecified atom stereocenters. The van der Waals surface area contributed by atoms with Gasteiger partial charge in [0, 0.05) is 23.1 Å². The third-order valence-electron chi connectivity index (χ3n) is 2.34. The molecule has 0 radical (unpaired) electrons. The van der Waals surface area contributed by atoms with Crippen LogP contribution < -0.4 is 5.32 Å². The maximum Gasteiger partial charge on any atom is 0.126 e. The smallest absolute Gasteiger partial charge is 0.126 e. The van der Waals surface area contributed by atoms with E-state index in [-0.39, 0.29) is 0 Å². The molecule has 0 aliphatic heterocycles. The maximum absolute atomic E-state index is 13.1. The van der Waals surface area contributed by atoms with E-state index in [4.69, 9.17) is 0 Å². The van der Waals surface area contributed by atoms with Gasteiger partial charge in [0.1, 0.15) is 16.6 Å². The van der Waals surface area contributed by atoms with Crippen LogP contribution in [-0.4, -0.2) is 12.0 Å². The Morgan fingerprint density at radius 3 is 2.47 bits per heavy atom. The Morgan fingerprint density at radius 1 is 1.24 bits per heavy atom. The van der Waals surface area contributed by atoms with E-state index < -0.39 is 11.6 Å². The van der Waals surface area contributed by atoms with Crippen LogP contribution in [-0.2, 0) is 6.54 Å². The zero-order chi connectivity index (χ0) is 12.4. The van der Waals surface area contributed by atoms with Crippen LogP contribution in [0.3, 0.4) is 0 Å². The van der Waals surface area contributed by atoms with E-state index in [1.165, 1.54) is 23.5 Å². The average Bonchev–Trinajstić information content (AvgIpc) is 2.60. The van der Waals surface area contributed by atoms with Gasteiger partial charge in [0.25, 0.3) is 0 Å². The highest BCUT2D eigenvalue weighted by Crippen LogP contribution is 2.28. The Kier molecular flexibility index (Phi) is 3.49. The minimum absolute atomic E-state index is 0.484. The third-order valence-corrected chi connectivity index (χ3v) is 3.55. The summed E-state index contributed by atoms with van der Waals surface area (Å²) in [6.07, 6.45) is 0. The summed E-state index contributed by atoms with van der Waals surface area (Å²) in [6, 6.07) is 3.45. The van der Waals surface area contributed by atoms with Crippen LogP contribution >= 0.6 is 11.3 Å². The van der Waals surface area contributed by atoms with Gasteiger partial charge in [-0.25, -0.2) is 13.8 Å². The summed E-state index contributed by atoms with van der Waals surface area (Å²) in [5.41, 5.74) is 1.38. The minimum atomic E-state index is -0.581. The van der Waals surface area contributed by atoms with Gasteiger partial charge in [-0.1, -0.05) is 0 Å². The lowest BCUT2D eigenvalue weighted by Crippen LogP contribution is -2.04. The Labute approximate surface area is 102 Å². The molecule has 0 bridgehead atoms. The van der Waals surface area contributed by atoms with Crippen LogP contribution in [0.25, 0.3) is 10.6 Å². The molecule has 0 saturated carbocycles. The van der Waals surface area contributed by atoms with Crippen molar-refractivity contribution in [2.24, 2.45) is 0 Å². The minimum Gasteiger partial charge on any atom is -0.315 e. The lowest BCUT2D eigenvalue weighted by atomic mass is 10.2. The number of rotatable bonds is 3. The molecule has 0 aliphatic rings. The van der Waals surface area contributed by atoms with E-state index in [2.05, 4.69) is 10.3 Å². The van der Waals surface area contributed by atoms with Crippen molar-refractivity contribution in [2.45, 2.75) is 13.5 Å². The topological polar surface area (TPSA) is 24.9 Å². The summed E-state index contributed by atoms with van der Waals surface area (Å²) < 4.78 is 26.2. The van der Waals surface area contributed by atoms with Gasteiger partial charge in [-0.15, -0.1) is 11.3 Å². The maximum atomic E-state index is 13.1. The normalized spacial score (nSPS) is 10.8. The molecule has 1 heterocycles. The highest BCUT2D eigenvalue weighted by atomic mass is 32.1. The summed E-state index contributed by atoms with van der Waals surface area (Å²) in [5, 5.41) is 3.68. The number of halogens is 2. The molecule has 17 heavy (non-hydrogen) atoms. The van der Waals surface area contributed by atoms with Gasteiger partial charge < -0.3 is 5.32 Å². The van der Waals surface area contributed by atoms with E-state index >= 15 is 0 Å². The van der Waals surface area contributed by atoms with Crippen molar-refractivity contribution in [2.75, 3.05) is 7.05 Å². The van der Waals surface area contributed by atoms with Gasteiger partial charge in [-0.05, 0) is 26.1 Å². The fraction of sp³-hybridized carbons (Fsp3) is 0.250. The quantitative estimate of drug-likeness (QED) is 0.910. The molecule has 2 nitrogen and oxygen atoms in total. The van der Waals surface area contributed by atoms with Crippen molar-refractivity contribution >= 4 is 11.3 Å². The first kappa shape index (κ1) is 12.1. The molecule has 0 spiro atoms. The molecule has 0 saturated heterocycles. The third kappa shape index (κ3) is 2.68. The number of hydrogen-bond donors (Lipinski definition) is 1. The van der Waals surface area contributed by atoms with E-state index in [1.54, 1.807) is 0 Å². The predicted molar refractivity (Wildman–Crippen MR) is 65.0 cm³/mol. The van der Waals surface area contributed by atoms with Crippen molar-refractivity contribution in [1.82, 2.24) is 10.3 Å². The van der Waals surface area contributed by atoms with Crippen LogP contribution in [0.15, 0.2) is 18.2 Å². The summed E-state index contributed by atoms with van der Waals surface area (Å²) in [6.45, 7) is 2.60. The molecule has 5 heteroatoms. The van der Waals surface area contributed by atoms with Crippen LogP contribution in [0.2, 0.25) is 0 Å². The first-order valence-corrected chi connectivity index (χ1v) is 5.99. The number of aromatic nitrogens is 1. The second kappa shape index (κ2) is 4.89. The van der Waals surface area contributed by atoms with Crippen LogP contribution in [0, 0.1) is 18.6 Å². The lowest BCUT2D eigenvalue weighted by Gasteiger charge is -1.97. The van der Waals surface area contributed by atoms with Crippen LogP contribution in [0.4, 0.5) is 8.78 Å². The second-order valence-electron chi connectivity index (χ2n) is 3.72. The zero-order valence-corrected chi connectivity index (χ0v) is 10.4. The molecule has 1 aromatic carbocycles. The molecular weight excluding hydrogens is 242 g/mol. The molecule has 2 aromatic rings. The van der Waals surface area contributed by atoms with Gasteiger partial charge in [-0.3, -0.25) is 0 Å². The summed E-state index contributed by atoms with van der Waals surface area (Å²) in [5.74, 6) is -1.16. The number of thiazole rings is 1.